The Kier molecular flexibility index (Phi) is 3.74. The minimum Gasteiger partial charge on any atom is -0.497 e. The van der Waals surface area contributed by atoms with E-state index in [0.29, 0.717) is 17.2 Å². The molecule has 6 nitrogen and oxygen atoms in total. The molecular weight excluding hydrogens is 258 g/mol. The van der Waals surface area contributed by atoms with E-state index in [2.05, 4.69) is 4.98 Å². The average molecular weight is 273 g/mol. The fourth-order valence-corrected chi connectivity index (χ4v) is 1.86. The Morgan fingerprint density at radius 1 is 1.20 bits per heavy atom. The van der Waals surface area contributed by atoms with E-state index in [1.807, 2.05) is 0 Å². The first-order chi connectivity index (χ1) is 9.56. The van der Waals surface area contributed by atoms with Crippen LogP contribution in [0.5, 0.6) is 11.5 Å². The third kappa shape index (κ3) is 2.49. The number of rotatable bonds is 4. The predicted molar refractivity (Wildman–Crippen MR) is 76.6 cm³/mol. The average Bonchev–Trinajstić information content (AvgIpc) is 2.46. The van der Waals surface area contributed by atoms with Crippen LogP contribution < -0.4 is 20.8 Å². The lowest BCUT2D eigenvalue weighted by Gasteiger charge is -2.10. The van der Waals surface area contributed by atoms with Crippen molar-refractivity contribution in [3.8, 4) is 22.8 Å². The topological polar surface area (TPSA) is 101 Å². The highest BCUT2D eigenvalue weighted by molar-refractivity contribution is 5.94. The van der Waals surface area contributed by atoms with Gasteiger partial charge in [0, 0.05) is 11.6 Å². The summed E-state index contributed by atoms with van der Waals surface area (Å²) < 4.78 is 10.4. The summed E-state index contributed by atoms with van der Waals surface area (Å²) in [5.74, 6) is 0.975. The van der Waals surface area contributed by atoms with Crippen molar-refractivity contribution in [3.63, 3.8) is 0 Å². The third-order valence-electron chi connectivity index (χ3n) is 2.90. The lowest BCUT2D eigenvalue weighted by molar-refractivity contribution is 0.395. The first-order valence-electron chi connectivity index (χ1n) is 5.87. The Bertz CT molecular complexity index is 707. The van der Waals surface area contributed by atoms with Crippen molar-refractivity contribution in [2.45, 2.75) is 0 Å². The minimum atomic E-state index is -0.409. The monoisotopic (exact) mass is 273 g/mol. The van der Waals surface area contributed by atoms with Crippen LogP contribution in [-0.4, -0.2) is 25.0 Å². The number of ether oxygens (including phenoxy) is 2. The molecular formula is C14H15N3O3. The normalized spacial score (nSPS) is 10.1. The molecule has 0 bridgehead atoms. The van der Waals surface area contributed by atoms with Gasteiger partial charge in [0.25, 0.3) is 5.56 Å². The number of aromatic amines is 1. The van der Waals surface area contributed by atoms with Crippen molar-refractivity contribution in [3.05, 3.63) is 46.2 Å². The van der Waals surface area contributed by atoms with E-state index >= 15 is 0 Å². The number of nitrogens with two attached hydrogens (primary N) is 1. The molecule has 0 fully saturated rings. The van der Waals surface area contributed by atoms with Gasteiger partial charge in [-0.05, 0) is 24.3 Å². The summed E-state index contributed by atoms with van der Waals surface area (Å²) >= 11 is 0. The van der Waals surface area contributed by atoms with E-state index < -0.39 is 5.56 Å². The van der Waals surface area contributed by atoms with Gasteiger partial charge in [-0.25, -0.2) is 0 Å². The van der Waals surface area contributed by atoms with Crippen LogP contribution in [0.1, 0.15) is 5.56 Å². The highest BCUT2D eigenvalue weighted by Crippen LogP contribution is 2.31. The van der Waals surface area contributed by atoms with Crippen LogP contribution in [0.2, 0.25) is 0 Å². The molecule has 0 aliphatic heterocycles. The van der Waals surface area contributed by atoms with Crippen molar-refractivity contribution in [2.24, 2.45) is 5.73 Å². The van der Waals surface area contributed by atoms with Crippen LogP contribution in [0.25, 0.3) is 11.3 Å². The van der Waals surface area contributed by atoms with Gasteiger partial charge in [0.2, 0.25) is 0 Å². The molecule has 20 heavy (non-hydrogen) atoms. The van der Waals surface area contributed by atoms with E-state index in [-0.39, 0.29) is 11.4 Å². The number of aromatic nitrogens is 1. The van der Waals surface area contributed by atoms with Crippen molar-refractivity contribution in [2.75, 3.05) is 14.2 Å². The summed E-state index contributed by atoms with van der Waals surface area (Å²) in [5, 5.41) is 7.30. The first kappa shape index (κ1) is 13.7. The van der Waals surface area contributed by atoms with Gasteiger partial charge in [-0.1, -0.05) is 0 Å². The molecule has 1 heterocycles. The summed E-state index contributed by atoms with van der Waals surface area (Å²) in [4.78, 5) is 14.5. The molecule has 2 aromatic rings. The molecule has 0 radical (unpaired) electrons. The molecule has 1 aromatic heterocycles. The van der Waals surface area contributed by atoms with Gasteiger partial charge in [-0.2, -0.15) is 0 Å². The van der Waals surface area contributed by atoms with E-state index in [0.717, 1.165) is 5.56 Å². The maximum absolute atomic E-state index is 11.8. The number of nitrogens with one attached hydrogen (secondary N) is 2. The van der Waals surface area contributed by atoms with E-state index in [9.17, 15) is 4.79 Å². The summed E-state index contributed by atoms with van der Waals surface area (Å²) in [6.45, 7) is 0. The Balaban J connectivity index is 2.54. The zero-order chi connectivity index (χ0) is 14.7. The number of amidine groups is 1. The Morgan fingerprint density at radius 3 is 2.50 bits per heavy atom. The standard InChI is InChI=1S/C14H15N3O3/c1-19-8-3-4-9(12(7-8)20-2)11-6-5-10(13(15)16)14(18)17-11/h3-7H,1-2H3,(H3,15,16)(H,17,18). The number of hydrogen-bond donors (Lipinski definition) is 3. The number of benzene rings is 1. The zero-order valence-corrected chi connectivity index (χ0v) is 11.2. The molecule has 0 saturated heterocycles. The lowest BCUT2D eigenvalue weighted by Crippen LogP contribution is -2.23. The molecule has 0 spiro atoms. The Hall–Kier alpha value is -2.76. The largest absolute Gasteiger partial charge is 0.497 e. The quantitative estimate of drug-likeness (QED) is 0.578. The van der Waals surface area contributed by atoms with Crippen molar-refractivity contribution < 1.29 is 9.47 Å². The van der Waals surface area contributed by atoms with Gasteiger partial charge in [0.15, 0.2) is 0 Å². The number of pyridine rings is 1. The second kappa shape index (κ2) is 5.48. The first-order valence-corrected chi connectivity index (χ1v) is 5.87. The molecule has 0 saturated carbocycles. The number of methoxy groups -OCH3 is 2. The minimum absolute atomic E-state index is 0.140. The van der Waals surface area contributed by atoms with Crippen LogP contribution in [0.15, 0.2) is 35.1 Å². The molecule has 6 heteroatoms. The summed E-state index contributed by atoms with van der Waals surface area (Å²) in [6.07, 6.45) is 0. The van der Waals surface area contributed by atoms with Crippen molar-refractivity contribution in [1.29, 1.82) is 5.41 Å². The van der Waals surface area contributed by atoms with Crippen LogP contribution in [-0.2, 0) is 0 Å². The molecule has 104 valence electrons. The third-order valence-corrected chi connectivity index (χ3v) is 2.90. The molecule has 4 N–H and O–H groups in total. The second-order valence-electron chi connectivity index (χ2n) is 4.09. The number of H-pyrrole nitrogens is 1. The molecule has 1 aromatic carbocycles. The smallest absolute Gasteiger partial charge is 0.259 e. The van der Waals surface area contributed by atoms with Gasteiger partial charge in [-0.15, -0.1) is 0 Å². The van der Waals surface area contributed by atoms with E-state index in [1.165, 1.54) is 6.07 Å². The van der Waals surface area contributed by atoms with Gasteiger partial charge in [-0.3, -0.25) is 10.2 Å². The van der Waals surface area contributed by atoms with Gasteiger partial charge in [0.1, 0.15) is 17.3 Å². The summed E-state index contributed by atoms with van der Waals surface area (Å²) in [5.41, 5.74) is 6.36. The predicted octanol–water partition coefficient (Wildman–Crippen LogP) is 1.34. The molecule has 2 rings (SSSR count). The lowest BCUT2D eigenvalue weighted by atomic mass is 10.1. The van der Waals surface area contributed by atoms with Crippen LogP contribution in [0.3, 0.4) is 0 Å². The molecule has 0 unspecified atom stereocenters. The molecule has 0 amide bonds. The van der Waals surface area contributed by atoms with E-state index in [1.54, 1.807) is 38.5 Å². The number of hydrogen-bond acceptors (Lipinski definition) is 4. The van der Waals surface area contributed by atoms with Crippen LogP contribution >= 0.6 is 0 Å². The fourth-order valence-electron chi connectivity index (χ4n) is 1.86. The summed E-state index contributed by atoms with van der Waals surface area (Å²) in [7, 11) is 3.11. The Morgan fingerprint density at radius 2 is 1.95 bits per heavy atom. The highest BCUT2D eigenvalue weighted by Gasteiger charge is 2.10. The van der Waals surface area contributed by atoms with Gasteiger partial charge in [0.05, 0.1) is 25.5 Å². The summed E-state index contributed by atoms with van der Waals surface area (Å²) in [6, 6.07) is 8.49. The molecule has 0 aliphatic rings. The molecule has 0 aliphatic carbocycles. The maximum Gasteiger partial charge on any atom is 0.259 e. The SMILES string of the molecule is COc1ccc(-c2ccc(C(=N)N)c(=O)[nH]2)c(OC)c1. The fraction of sp³-hybridized carbons (Fsp3) is 0.143. The second-order valence-corrected chi connectivity index (χ2v) is 4.09. The Labute approximate surface area is 115 Å². The highest BCUT2D eigenvalue weighted by atomic mass is 16.5. The van der Waals surface area contributed by atoms with Crippen LogP contribution in [0, 0.1) is 5.41 Å². The molecule has 0 atom stereocenters. The van der Waals surface area contributed by atoms with E-state index in [4.69, 9.17) is 20.6 Å². The van der Waals surface area contributed by atoms with Gasteiger partial charge < -0.3 is 20.2 Å². The number of nitrogen functional groups attached to an aromatic ring is 1. The zero-order valence-electron chi connectivity index (χ0n) is 11.2. The van der Waals surface area contributed by atoms with Crippen LogP contribution in [0.4, 0.5) is 0 Å². The van der Waals surface area contributed by atoms with Crippen molar-refractivity contribution >= 4 is 5.84 Å². The van der Waals surface area contributed by atoms with Gasteiger partial charge >= 0.3 is 0 Å². The maximum atomic E-state index is 11.8. The van der Waals surface area contributed by atoms with Crippen molar-refractivity contribution in [1.82, 2.24) is 4.98 Å².